The molecule has 0 saturated carbocycles. The van der Waals surface area contributed by atoms with Crippen molar-refractivity contribution >= 4 is 0 Å². The molecule has 0 radical (unpaired) electrons. The van der Waals surface area contributed by atoms with E-state index in [-0.39, 0.29) is 5.82 Å². The van der Waals surface area contributed by atoms with Crippen molar-refractivity contribution in [2.24, 2.45) is 0 Å². The molecule has 1 N–H and O–H groups in total. The first-order valence-corrected chi connectivity index (χ1v) is 5.98. The number of rotatable bonds is 2. The summed E-state index contributed by atoms with van der Waals surface area (Å²) in [4.78, 5) is 2.34. The van der Waals surface area contributed by atoms with Crippen molar-refractivity contribution in [2.75, 3.05) is 32.7 Å². The number of hydrogen-bond acceptors (Lipinski definition) is 2. The van der Waals surface area contributed by atoms with Crippen molar-refractivity contribution in [2.45, 2.75) is 6.42 Å². The number of hydrogen-bond donors (Lipinski definition) is 1. The highest BCUT2D eigenvalue weighted by Crippen LogP contribution is 2.02. The lowest BCUT2D eigenvalue weighted by Crippen LogP contribution is -2.43. The quantitative estimate of drug-likeness (QED) is 0.773. The van der Waals surface area contributed by atoms with E-state index in [0.29, 0.717) is 6.42 Å². The van der Waals surface area contributed by atoms with Gasteiger partial charge in [0.1, 0.15) is 5.82 Å². The maximum Gasteiger partial charge on any atom is 0.123 e. The molecule has 0 unspecified atom stereocenters. The largest absolute Gasteiger partial charge is 0.314 e. The summed E-state index contributed by atoms with van der Waals surface area (Å²) < 4.78 is 12.7. The van der Waals surface area contributed by atoms with Gasteiger partial charge in [0.25, 0.3) is 0 Å². The molecule has 90 valence electrons. The number of benzene rings is 1. The third kappa shape index (κ3) is 4.18. The van der Waals surface area contributed by atoms with Crippen molar-refractivity contribution in [3.63, 3.8) is 0 Å². The molecule has 1 aliphatic rings. The predicted octanol–water partition coefficient (Wildman–Crippen LogP) is 1.28. The Balaban J connectivity index is 1.76. The summed E-state index contributed by atoms with van der Waals surface area (Å²) >= 11 is 0. The molecule has 0 spiro atoms. The molecule has 1 fully saturated rings. The summed E-state index contributed by atoms with van der Waals surface area (Å²) in [5.41, 5.74) is 1.07. The van der Waals surface area contributed by atoms with E-state index in [1.54, 1.807) is 12.1 Å². The van der Waals surface area contributed by atoms with Crippen molar-refractivity contribution in [1.82, 2.24) is 10.2 Å². The smallest absolute Gasteiger partial charge is 0.123 e. The average molecular weight is 232 g/mol. The maximum atomic E-state index is 12.7. The number of piperazine rings is 1. The van der Waals surface area contributed by atoms with Crippen LogP contribution < -0.4 is 5.32 Å². The van der Waals surface area contributed by atoms with Crippen LogP contribution in [-0.2, 0) is 6.42 Å². The zero-order valence-electron chi connectivity index (χ0n) is 9.88. The Morgan fingerprint density at radius 1 is 1.12 bits per heavy atom. The highest BCUT2D eigenvalue weighted by atomic mass is 19.1. The Morgan fingerprint density at radius 2 is 1.82 bits per heavy atom. The monoisotopic (exact) mass is 232 g/mol. The summed E-state index contributed by atoms with van der Waals surface area (Å²) in [6.45, 7) is 5.10. The van der Waals surface area contributed by atoms with Crippen LogP contribution in [0.25, 0.3) is 0 Å². The van der Waals surface area contributed by atoms with E-state index in [4.69, 9.17) is 0 Å². The molecule has 0 atom stereocenters. The summed E-state index contributed by atoms with van der Waals surface area (Å²) in [5, 5.41) is 3.31. The van der Waals surface area contributed by atoms with Gasteiger partial charge in [-0.15, -0.1) is 0 Å². The van der Waals surface area contributed by atoms with Gasteiger partial charge in [-0.2, -0.15) is 0 Å². The fraction of sp³-hybridized carbons (Fsp3) is 0.429. The van der Waals surface area contributed by atoms with Gasteiger partial charge in [-0.25, -0.2) is 4.39 Å². The molecule has 3 heteroatoms. The van der Waals surface area contributed by atoms with Crippen LogP contribution in [0.2, 0.25) is 0 Å². The molecular formula is C14H17FN2. The van der Waals surface area contributed by atoms with E-state index in [9.17, 15) is 4.39 Å². The third-order valence-electron chi connectivity index (χ3n) is 2.84. The van der Waals surface area contributed by atoms with E-state index >= 15 is 0 Å². The number of nitrogens with zero attached hydrogens (tertiary/aromatic N) is 1. The predicted molar refractivity (Wildman–Crippen MR) is 67.2 cm³/mol. The van der Waals surface area contributed by atoms with E-state index < -0.39 is 0 Å². The van der Waals surface area contributed by atoms with E-state index in [1.807, 2.05) is 0 Å². The topological polar surface area (TPSA) is 15.3 Å². The summed E-state index contributed by atoms with van der Waals surface area (Å²) in [6, 6.07) is 6.53. The minimum atomic E-state index is -0.192. The van der Waals surface area contributed by atoms with Crippen molar-refractivity contribution in [1.29, 1.82) is 0 Å². The van der Waals surface area contributed by atoms with Gasteiger partial charge in [0.2, 0.25) is 0 Å². The van der Waals surface area contributed by atoms with E-state index in [1.165, 1.54) is 12.1 Å². The minimum absolute atomic E-state index is 0.192. The molecule has 1 aliphatic heterocycles. The first kappa shape index (κ1) is 12.1. The Labute approximate surface area is 102 Å². The zero-order chi connectivity index (χ0) is 11.9. The fourth-order valence-electron chi connectivity index (χ4n) is 1.80. The van der Waals surface area contributed by atoms with Gasteiger partial charge in [-0.05, 0) is 17.7 Å². The van der Waals surface area contributed by atoms with E-state index in [0.717, 1.165) is 38.3 Å². The van der Waals surface area contributed by atoms with Crippen LogP contribution in [0.3, 0.4) is 0 Å². The lowest BCUT2D eigenvalue weighted by Gasteiger charge is -2.24. The van der Waals surface area contributed by atoms with Crippen LogP contribution in [-0.4, -0.2) is 37.6 Å². The molecule has 1 heterocycles. The highest BCUT2D eigenvalue weighted by molar-refractivity contribution is 5.21. The molecule has 0 amide bonds. The molecule has 2 rings (SSSR count). The molecule has 2 nitrogen and oxygen atoms in total. The van der Waals surface area contributed by atoms with Crippen LogP contribution in [0.1, 0.15) is 5.56 Å². The second-order valence-corrected chi connectivity index (χ2v) is 4.18. The van der Waals surface area contributed by atoms with Crippen molar-refractivity contribution in [3.8, 4) is 11.8 Å². The van der Waals surface area contributed by atoms with Crippen LogP contribution in [0.5, 0.6) is 0 Å². The number of nitrogens with one attached hydrogen (secondary N) is 1. The van der Waals surface area contributed by atoms with E-state index in [2.05, 4.69) is 22.1 Å². The van der Waals surface area contributed by atoms with Gasteiger partial charge in [-0.3, -0.25) is 4.90 Å². The van der Waals surface area contributed by atoms with Gasteiger partial charge in [0.05, 0.1) is 6.54 Å². The SMILES string of the molecule is Fc1ccc(CC#CCN2CCNCC2)cc1. The molecule has 0 aromatic heterocycles. The second kappa shape index (κ2) is 6.39. The fourth-order valence-corrected chi connectivity index (χ4v) is 1.80. The standard InChI is InChI=1S/C14H17FN2/c15-14-6-4-13(5-7-14)3-1-2-10-17-11-8-16-9-12-17/h4-7,16H,3,8-12H2. The van der Waals surface area contributed by atoms with Crippen LogP contribution in [0.15, 0.2) is 24.3 Å². The molecule has 1 aromatic rings. The third-order valence-corrected chi connectivity index (χ3v) is 2.84. The van der Waals surface area contributed by atoms with Crippen LogP contribution in [0, 0.1) is 17.7 Å². The average Bonchev–Trinajstić information content (AvgIpc) is 2.38. The Morgan fingerprint density at radius 3 is 2.53 bits per heavy atom. The first-order valence-electron chi connectivity index (χ1n) is 5.98. The number of halogens is 1. The first-order chi connectivity index (χ1) is 8.34. The van der Waals surface area contributed by atoms with Crippen LogP contribution >= 0.6 is 0 Å². The van der Waals surface area contributed by atoms with Crippen LogP contribution in [0.4, 0.5) is 4.39 Å². The van der Waals surface area contributed by atoms with Gasteiger partial charge in [0, 0.05) is 32.6 Å². The summed E-state index contributed by atoms with van der Waals surface area (Å²) in [5.74, 6) is 6.11. The normalized spacial score (nSPS) is 16.3. The Hall–Kier alpha value is -1.37. The Kier molecular flexibility index (Phi) is 4.54. The molecule has 0 bridgehead atoms. The molecule has 1 aromatic carbocycles. The van der Waals surface area contributed by atoms with Gasteiger partial charge < -0.3 is 5.32 Å². The molecule has 1 saturated heterocycles. The molecule has 17 heavy (non-hydrogen) atoms. The molecular weight excluding hydrogens is 215 g/mol. The highest BCUT2D eigenvalue weighted by Gasteiger charge is 2.06. The minimum Gasteiger partial charge on any atom is -0.314 e. The van der Waals surface area contributed by atoms with Gasteiger partial charge in [0.15, 0.2) is 0 Å². The Bertz CT molecular complexity index is 396. The maximum absolute atomic E-state index is 12.7. The summed E-state index contributed by atoms with van der Waals surface area (Å²) in [7, 11) is 0. The lowest BCUT2D eigenvalue weighted by atomic mass is 10.1. The summed E-state index contributed by atoms with van der Waals surface area (Å²) in [6.07, 6.45) is 0.701. The van der Waals surface area contributed by atoms with Crippen molar-refractivity contribution in [3.05, 3.63) is 35.6 Å². The molecule has 0 aliphatic carbocycles. The second-order valence-electron chi connectivity index (χ2n) is 4.18. The lowest BCUT2D eigenvalue weighted by molar-refractivity contribution is 0.268. The van der Waals surface area contributed by atoms with Gasteiger partial charge >= 0.3 is 0 Å². The van der Waals surface area contributed by atoms with Crippen molar-refractivity contribution < 1.29 is 4.39 Å². The van der Waals surface area contributed by atoms with Gasteiger partial charge in [-0.1, -0.05) is 24.0 Å². The zero-order valence-corrected chi connectivity index (χ0v) is 9.88.